The molecule has 0 aliphatic heterocycles. The summed E-state index contributed by atoms with van der Waals surface area (Å²) in [5.41, 5.74) is 0. The number of hydrogen-bond donors (Lipinski definition) is 0. The third-order valence-electron chi connectivity index (χ3n) is 1.38. The lowest BCUT2D eigenvalue weighted by molar-refractivity contribution is 0.346. The Bertz CT molecular complexity index is 302. The molecule has 0 spiro atoms. The van der Waals surface area contributed by atoms with Crippen molar-refractivity contribution in [2.45, 2.75) is 13.3 Å². The summed E-state index contributed by atoms with van der Waals surface area (Å²) in [5.74, 6) is 1.35. The highest BCUT2D eigenvalue weighted by Gasteiger charge is 2.01. The van der Waals surface area contributed by atoms with Crippen LogP contribution in [0.25, 0.3) is 0 Å². The number of aromatic nitrogens is 2. The average Bonchev–Trinajstić information content (AvgIpc) is 2.14. The molecule has 1 heterocycles. The van der Waals surface area contributed by atoms with E-state index < -0.39 is 0 Å². The van der Waals surface area contributed by atoms with Crippen LogP contribution in [0.4, 0.5) is 0 Å². The lowest BCUT2D eigenvalue weighted by atomic mass is 10.4. The Morgan fingerprint density at radius 3 is 3.00 bits per heavy atom. The zero-order valence-electron chi connectivity index (χ0n) is 7.46. The predicted octanol–water partition coefficient (Wildman–Crippen LogP) is 2.37. The van der Waals surface area contributed by atoms with Gasteiger partial charge in [-0.25, -0.2) is 4.98 Å². The van der Waals surface area contributed by atoms with Crippen LogP contribution in [0.3, 0.4) is 0 Å². The van der Waals surface area contributed by atoms with Crippen molar-refractivity contribution in [3.8, 4) is 5.88 Å². The molecule has 3 nitrogen and oxygen atoms in total. The first kappa shape index (κ1) is 10.2. The van der Waals surface area contributed by atoms with Gasteiger partial charge >= 0.3 is 0 Å². The molecule has 70 valence electrons. The Kier molecular flexibility index (Phi) is 3.89. The third kappa shape index (κ3) is 3.14. The van der Waals surface area contributed by atoms with Gasteiger partial charge in [0.05, 0.1) is 0 Å². The van der Waals surface area contributed by atoms with Crippen LogP contribution >= 0.6 is 15.9 Å². The largest absolute Gasteiger partial charge is 0.473 e. The summed E-state index contributed by atoms with van der Waals surface area (Å²) in [5, 5.41) is 0. The molecule has 4 heteroatoms. The maximum absolute atomic E-state index is 5.28. The van der Waals surface area contributed by atoms with E-state index in [2.05, 4.69) is 32.5 Å². The van der Waals surface area contributed by atoms with Crippen molar-refractivity contribution < 1.29 is 4.74 Å². The first-order chi connectivity index (χ1) is 6.26. The van der Waals surface area contributed by atoms with Crippen molar-refractivity contribution in [1.29, 1.82) is 0 Å². The van der Waals surface area contributed by atoms with Crippen LogP contribution in [-0.4, -0.2) is 16.6 Å². The van der Waals surface area contributed by atoms with Crippen LogP contribution in [-0.2, 0) is 6.42 Å². The van der Waals surface area contributed by atoms with E-state index in [4.69, 9.17) is 4.74 Å². The SMILES string of the molecule is C=CCOc1cc(Br)nc(CC)n1. The predicted molar refractivity (Wildman–Crippen MR) is 54.8 cm³/mol. The lowest BCUT2D eigenvalue weighted by Crippen LogP contribution is -2.00. The van der Waals surface area contributed by atoms with E-state index in [0.29, 0.717) is 12.5 Å². The minimum absolute atomic E-state index is 0.465. The fourth-order valence-corrected chi connectivity index (χ4v) is 1.22. The van der Waals surface area contributed by atoms with Gasteiger partial charge in [0.15, 0.2) is 0 Å². The standard InChI is InChI=1S/C9H11BrN2O/c1-3-5-13-9-6-7(10)11-8(4-2)12-9/h3,6H,1,4-5H2,2H3. The summed E-state index contributed by atoms with van der Waals surface area (Å²) in [6, 6.07) is 1.74. The molecular weight excluding hydrogens is 232 g/mol. The number of halogens is 1. The molecule has 0 N–H and O–H groups in total. The quantitative estimate of drug-likeness (QED) is 0.601. The van der Waals surface area contributed by atoms with E-state index in [9.17, 15) is 0 Å². The molecule has 1 aromatic heterocycles. The van der Waals surface area contributed by atoms with Gasteiger partial charge < -0.3 is 4.74 Å². The van der Waals surface area contributed by atoms with Gasteiger partial charge in [0.25, 0.3) is 0 Å². The topological polar surface area (TPSA) is 35.0 Å². The number of nitrogens with zero attached hydrogens (tertiary/aromatic N) is 2. The van der Waals surface area contributed by atoms with Crippen molar-refractivity contribution in [1.82, 2.24) is 9.97 Å². The summed E-state index contributed by atoms with van der Waals surface area (Å²) < 4.78 is 6.03. The molecule has 0 saturated carbocycles. The number of aryl methyl sites for hydroxylation is 1. The Morgan fingerprint density at radius 1 is 1.62 bits per heavy atom. The van der Waals surface area contributed by atoms with Crippen LogP contribution in [0.1, 0.15) is 12.7 Å². The highest BCUT2D eigenvalue weighted by molar-refractivity contribution is 9.10. The monoisotopic (exact) mass is 242 g/mol. The van der Waals surface area contributed by atoms with Crippen LogP contribution in [0.15, 0.2) is 23.3 Å². The maximum atomic E-state index is 5.28. The van der Waals surface area contributed by atoms with Gasteiger partial charge in [-0.3, -0.25) is 0 Å². The highest BCUT2D eigenvalue weighted by Crippen LogP contribution is 2.14. The fraction of sp³-hybridized carbons (Fsp3) is 0.333. The first-order valence-corrected chi connectivity index (χ1v) is 4.82. The van der Waals surface area contributed by atoms with Crippen molar-refractivity contribution >= 4 is 15.9 Å². The van der Waals surface area contributed by atoms with E-state index in [1.165, 1.54) is 0 Å². The van der Waals surface area contributed by atoms with Gasteiger partial charge in [0, 0.05) is 12.5 Å². The van der Waals surface area contributed by atoms with Crippen molar-refractivity contribution in [2.24, 2.45) is 0 Å². The van der Waals surface area contributed by atoms with Gasteiger partial charge in [-0.1, -0.05) is 19.6 Å². The Morgan fingerprint density at radius 2 is 2.38 bits per heavy atom. The zero-order valence-corrected chi connectivity index (χ0v) is 9.04. The second-order valence-corrected chi connectivity index (χ2v) is 3.21. The molecule has 13 heavy (non-hydrogen) atoms. The minimum atomic E-state index is 0.465. The van der Waals surface area contributed by atoms with E-state index in [0.717, 1.165) is 16.8 Å². The Labute approximate surface area is 86.0 Å². The third-order valence-corrected chi connectivity index (χ3v) is 1.79. The van der Waals surface area contributed by atoms with Gasteiger partial charge in [-0.05, 0) is 15.9 Å². The molecule has 0 fully saturated rings. The number of hydrogen-bond acceptors (Lipinski definition) is 3. The summed E-state index contributed by atoms with van der Waals surface area (Å²) in [6.07, 6.45) is 2.48. The molecule has 0 aromatic carbocycles. The first-order valence-electron chi connectivity index (χ1n) is 4.03. The molecule has 0 atom stereocenters. The lowest BCUT2D eigenvalue weighted by Gasteiger charge is -2.03. The molecule has 0 bridgehead atoms. The molecule has 0 aliphatic rings. The van der Waals surface area contributed by atoms with E-state index in [1.54, 1.807) is 12.1 Å². The average molecular weight is 243 g/mol. The van der Waals surface area contributed by atoms with Gasteiger partial charge in [-0.15, -0.1) is 0 Å². The van der Waals surface area contributed by atoms with Crippen molar-refractivity contribution in [3.05, 3.63) is 29.1 Å². The van der Waals surface area contributed by atoms with Crippen LogP contribution in [0, 0.1) is 0 Å². The van der Waals surface area contributed by atoms with Crippen LogP contribution in [0.5, 0.6) is 5.88 Å². The van der Waals surface area contributed by atoms with Crippen molar-refractivity contribution in [2.75, 3.05) is 6.61 Å². The molecular formula is C9H11BrN2O. The molecule has 1 rings (SSSR count). The second-order valence-electron chi connectivity index (χ2n) is 2.40. The molecule has 0 radical (unpaired) electrons. The summed E-state index contributed by atoms with van der Waals surface area (Å²) in [6.45, 7) is 6.02. The highest BCUT2D eigenvalue weighted by atomic mass is 79.9. The van der Waals surface area contributed by atoms with Crippen LogP contribution < -0.4 is 4.74 Å². The summed E-state index contributed by atoms with van der Waals surface area (Å²) in [4.78, 5) is 8.34. The fourth-order valence-electron chi connectivity index (χ4n) is 0.818. The number of rotatable bonds is 4. The van der Waals surface area contributed by atoms with E-state index >= 15 is 0 Å². The molecule has 1 aromatic rings. The smallest absolute Gasteiger partial charge is 0.218 e. The molecule has 0 amide bonds. The molecule has 0 aliphatic carbocycles. The summed E-state index contributed by atoms with van der Waals surface area (Å²) >= 11 is 3.29. The maximum Gasteiger partial charge on any atom is 0.218 e. The van der Waals surface area contributed by atoms with E-state index in [-0.39, 0.29) is 0 Å². The number of ether oxygens (including phenoxy) is 1. The summed E-state index contributed by atoms with van der Waals surface area (Å²) in [7, 11) is 0. The second kappa shape index (κ2) is 4.97. The van der Waals surface area contributed by atoms with Crippen molar-refractivity contribution in [3.63, 3.8) is 0 Å². The Balaban J connectivity index is 2.81. The minimum Gasteiger partial charge on any atom is -0.473 e. The molecule has 0 saturated heterocycles. The zero-order chi connectivity index (χ0) is 9.68. The van der Waals surface area contributed by atoms with Gasteiger partial charge in [-0.2, -0.15) is 4.98 Å². The Hall–Kier alpha value is -0.900. The van der Waals surface area contributed by atoms with Gasteiger partial charge in [0.1, 0.15) is 17.0 Å². The molecule has 0 unspecified atom stereocenters. The van der Waals surface area contributed by atoms with E-state index in [1.807, 2.05) is 6.92 Å². The van der Waals surface area contributed by atoms with Crippen LogP contribution in [0.2, 0.25) is 0 Å². The van der Waals surface area contributed by atoms with Gasteiger partial charge in [0.2, 0.25) is 5.88 Å². The normalized spacial score (nSPS) is 9.69.